The molecule has 2 heterocycles. The lowest BCUT2D eigenvalue weighted by Gasteiger charge is -2.25. The Labute approximate surface area is 154 Å². The third-order valence-corrected chi connectivity index (χ3v) is 4.24. The topological polar surface area (TPSA) is 61.2 Å². The number of hydrogen-bond acceptors (Lipinski definition) is 5. The fourth-order valence-corrected chi connectivity index (χ4v) is 3.04. The molecule has 3 aromatic rings. The van der Waals surface area contributed by atoms with Gasteiger partial charge in [-0.25, -0.2) is 4.68 Å². The Balaban J connectivity index is 1.81. The van der Waals surface area contributed by atoms with Gasteiger partial charge in [0, 0.05) is 16.8 Å². The van der Waals surface area contributed by atoms with Crippen LogP contribution in [-0.4, -0.2) is 28.5 Å². The van der Waals surface area contributed by atoms with Crippen molar-refractivity contribution in [1.82, 2.24) is 14.8 Å². The van der Waals surface area contributed by atoms with E-state index in [-0.39, 0.29) is 5.75 Å². The summed E-state index contributed by atoms with van der Waals surface area (Å²) in [5, 5.41) is 7.44. The van der Waals surface area contributed by atoms with E-state index in [0.29, 0.717) is 17.3 Å². The monoisotopic (exact) mass is 370 g/mol. The van der Waals surface area contributed by atoms with Gasteiger partial charge in [0.15, 0.2) is 0 Å². The normalized spacial score (nSPS) is 15.7. The lowest BCUT2D eigenvalue weighted by Crippen LogP contribution is -2.21. The molecule has 0 aliphatic carbocycles. The Morgan fingerprint density at radius 2 is 2.00 bits per heavy atom. The van der Waals surface area contributed by atoms with E-state index in [1.54, 1.807) is 30.0 Å². The van der Waals surface area contributed by atoms with Crippen molar-refractivity contribution >= 4 is 11.6 Å². The fourth-order valence-electron chi connectivity index (χ4n) is 3.04. The number of aromatic nitrogens is 3. The number of para-hydroxylation sites is 1. The van der Waals surface area contributed by atoms with E-state index in [0.717, 1.165) is 11.3 Å². The van der Waals surface area contributed by atoms with Crippen molar-refractivity contribution in [2.75, 3.05) is 12.4 Å². The molecular formula is C19H16F2N4O2. The van der Waals surface area contributed by atoms with E-state index in [1.165, 1.54) is 12.4 Å². The minimum Gasteiger partial charge on any atom is -0.497 e. The van der Waals surface area contributed by atoms with Crippen LogP contribution in [0.15, 0.2) is 60.9 Å². The molecule has 0 radical (unpaired) electrons. The zero-order valence-electron chi connectivity index (χ0n) is 14.3. The fraction of sp³-hybridized carbons (Fsp3) is 0.158. The van der Waals surface area contributed by atoms with Crippen molar-refractivity contribution in [2.24, 2.45) is 0 Å². The molecule has 8 heteroatoms. The van der Waals surface area contributed by atoms with Crippen molar-refractivity contribution in [3.63, 3.8) is 0 Å². The van der Waals surface area contributed by atoms with Gasteiger partial charge in [-0.2, -0.15) is 18.9 Å². The first-order chi connectivity index (χ1) is 13.2. The van der Waals surface area contributed by atoms with Gasteiger partial charge in [0.05, 0.1) is 7.11 Å². The van der Waals surface area contributed by atoms with E-state index >= 15 is 0 Å². The number of rotatable bonds is 5. The van der Waals surface area contributed by atoms with E-state index in [4.69, 9.17) is 9.47 Å². The highest BCUT2D eigenvalue weighted by atomic mass is 19.3. The van der Waals surface area contributed by atoms with Gasteiger partial charge in [0.25, 0.3) is 0 Å². The molecule has 1 N–H and O–H groups in total. The van der Waals surface area contributed by atoms with E-state index in [1.807, 2.05) is 30.3 Å². The molecule has 1 aliphatic heterocycles. The number of nitrogens with one attached hydrogen (secondary N) is 1. The summed E-state index contributed by atoms with van der Waals surface area (Å²) in [4.78, 5) is 4.22. The van der Waals surface area contributed by atoms with Crippen LogP contribution in [0.25, 0.3) is 5.70 Å². The number of hydrogen-bond donors (Lipinski definition) is 1. The molecule has 138 valence electrons. The number of alkyl halides is 2. The van der Waals surface area contributed by atoms with E-state index < -0.39 is 12.7 Å². The average Bonchev–Trinajstić information content (AvgIpc) is 3.16. The first kappa shape index (κ1) is 17.0. The highest BCUT2D eigenvalue weighted by Gasteiger charge is 2.26. The molecule has 2 aromatic carbocycles. The van der Waals surface area contributed by atoms with Gasteiger partial charge in [0.1, 0.15) is 23.9 Å². The molecule has 0 unspecified atom stereocenters. The van der Waals surface area contributed by atoms with Gasteiger partial charge >= 0.3 is 6.61 Å². The van der Waals surface area contributed by atoms with Crippen molar-refractivity contribution in [1.29, 1.82) is 0 Å². The van der Waals surface area contributed by atoms with Crippen LogP contribution in [0.4, 0.5) is 14.7 Å². The number of anilines is 1. The summed E-state index contributed by atoms with van der Waals surface area (Å²) in [7, 11) is 1.60. The molecule has 6 nitrogen and oxygen atoms in total. The van der Waals surface area contributed by atoms with Crippen LogP contribution in [0.2, 0.25) is 0 Å². The van der Waals surface area contributed by atoms with E-state index in [2.05, 4.69) is 15.4 Å². The third kappa shape index (κ3) is 3.33. The number of methoxy groups -OCH3 is 1. The van der Waals surface area contributed by atoms with E-state index in [9.17, 15) is 8.78 Å². The molecule has 0 saturated carbocycles. The summed E-state index contributed by atoms with van der Waals surface area (Å²) in [6.07, 6.45) is 3.30. The zero-order chi connectivity index (χ0) is 18.8. The second-order valence-electron chi connectivity index (χ2n) is 5.83. The summed E-state index contributed by atoms with van der Waals surface area (Å²) < 4.78 is 37.3. The van der Waals surface area contributed by atoms with Crippen LogP contribution in [-0.2, 0) is 0 Å². The second kappa shape index (κ2) is 7.06. The van der Waals surface area contributed by atoms with Gasteiger partial charge in [-0.15, -0.1) is 0 Å². The van der Waals surface area contributed by atoms with Crippen LogP contribution in [0.1, 0.15) is 17.2 Å². The number of fused-ring (bicyclic) bond motifs is 1. The van der Waals surface area contributed by atoms with Crippen LogP contribution in [0.3, 0.4) is 0 Å². The molecule has 0 saturated heterocycles. The molecule has 0 fully saturated rings. The first-order valence-corrected chi connectivity index (χ1v) is 8.22. The summed E-state index contributed by atoms with van der Waals surface area (Å²) in [6.45, 7) is -2.91. The Hall–Kier alpha value is -3.42. The maximum Gasteiger partial charge on any atom is 0.387 e. The minimum absolute atomic E-state index is 0.0992. The van der Waals surface area contributed by atoms with Gasteiger partial charge in [-0.1, -0.05) is 30.3 Å². The Kier molecular flexibility index (Phi) is 4.45. The Bertz CT molecular complexity index is 987. The number of nitrogens with zero attached hydrogens (tertiary/aromatic N) is 3. The molecule has 1 atom stereocenters. The van der Waals surface area contributed by atoms with Crippen molar-refractivity contribution < 1.29 is 18.3 Å². The summed E-state index contributed by atoms with van der Waals surface area (Å²) >= 11 is 0. The lowest BCUT2D eigenvalue weighted by molar-refractivity contribution is -0.0506. The maximum atomic E-state index is 12.8. The molecule has 1 aromatic heterocycles. The van der Waals surface area contributed by atoms with Crippen LogP contribution in [0.5, 0.6) is 11.5 Å². The predicted molar refractivity (Wildman–Crippen MR) is 95.8 cm³/mol. The second-order valence-corrected chi connectivity index (χ2v) is 5.83. The lowest BCUT2D eigenvalue weighted by atomic mass is 10.0. The summed E-state index contributed by atoms with van der Waals surface area (Å²) in [5.74, 6) is 1.31. The Morgan fingerprint density at radius 1 is 1.15 bits per heavy atom. The average molecular weight is 370 g/mol. The molecule has 0 spiro atoms. The Morgan fingerprint density at radius 3 is 2.81 bits per heavy atom. The molecular weight excluding hydrogens is 354 g/mol. The maximum absolute atomic E-state index is 12.8. The van der Waals surface area contributed by atoms with Gasteiger partial charge in [-0.05, 0) is 24.3 Å². The summed E-state index contributed by atoms with van der Waals surface area (Å²) in [6, 6.07) is 13.7. The number of allylic oxidation sites excluding steroid dienone is 1. The SMILES string of the molecule is COc1cccc(C2=C[C@@H](c3ccccc3OC(F)F)n3ncnc3N2)c1. The molecule has 0 bridgehead atoms. The highest BCUT2D eigenvalue weighted by Crippen LogP contribution is 2.36. The van der Waals surface area contributed by atoms with Crippen LogP contribution < -0.4 is 14.8 Å². The van der Waals surface area contributed by atoms with Crippen molar-refractivity contribution in [3.8, 4) is 11.5 Å². The quantitative estimate of drug-likeness (QED) is 0.737. The smallest absolute Gasteiger partial charge is 0.387 e. The van der Waals surface area contributed by atoms with Crippen LogP contribution in [0, 0.1) is 0 Å². The number of ether oxygens (including phenoxy) is 2. The standard InChI is InChI=1S/C19H16F2N4O2/c1-26-13-6-4-5-12(9-13)15-10-16(25-19(24-15)22-11-23-25)14-7-2-3-8-17(14)27-18(20)21/h2-11,16,18H,1H3,(H,22,23,24)/t16-/m0/s1. The largest absolute Gasteiger partial charge is 0.497 e. The molecule has 0 amide bonds. The summed E-state index contributed by atoms with van der Waals surface area (Å²) in [5.41, 5.74) is 2.21. The molecule has 1 aliphatic rings. The highest BCUT2D eigenvalue weighted by molar-refractivity contribution is 5.77. The molecule has 4 rings (SSSR count). The number of benzene rings is 2. The van der Waals surface area contributed by atoms with Crippen molar-refractivity contribution in [2.45, 2.75) is 12.7 Å². The predicted octanol–water partition coefficient (Wildman–Crippen LogP) is 3.94. The van der Waals surface area contributed by atoms with Crippen molar-refractivity contribution in [3.05, 3.63) is 72.1 Å². The van der Waals surface area contributed by atoms with Gasteiger partial charge in [-0.3, -0.25) is 0 Å². The first-order valence-electron chi connectivity index (χ1n) is 8.22. The van der Waals surface area contributed by atoms with Gasteiger partial charge in [0.2, 0.25) is 5.95 Å². The minimum atomic E-state index is -2.91. The van der Waals surface area contributed by atoms with Crippen LogP contribution >= 0.6 is 0 Å². The third-order valence-electron chi connectivity index (χ3n) is 4.24. The van der Waals surface area contributed by atoms with Gasteiger partial charge < -0.3 is 14.8 Å². The zero-order valence-corrected chi connectivity index (χ0v) is 14.3. The molecule has 27 heavy (non-hydrogen) atoms. The number of halogens is 2.